The van der Waals surface area contributed by atoms with Gasteiger partial charge in [-0.2, -0.15) is 0 Å². The topological polar surface area (TPSA) is 76.9 Å². The van der Waals surface area contributed by atoms with Crippen molar-refractivity contribution in [3.8, 4) is 0 Å². The van der Waals surface area contributed by atoms with Gasteiger partial charge in [-0.05, 0) is 31.9 Å². The number of piperidine rings is 1. The largest absolute Gasteiger partial charge is 0.299 e. The lowest BCUT2D eigenvalue weighted by Crippen LogP contribution is -2.42. The summed E-state index contributed by atoms with van der Waals surface area (Å²) in [5.41, 5.74) is 2.35. The summed E-state index contributed by atoms with van der Waals surface area (Å²) in [6.07, 6.45) is 2.42. The second kappa shape index (κ2) is 5.11. The van der Waals surface area contributed by atoms with Gasteiger partial charge in [0.25, 0.3) is 0 Å². The lowest BCUT2D eigenvalue weighted by Gasteiger charge is -2.24. The molecule has 0 aliphatic carbocycles. The number of carbonyl (C=O) groups excluding carboxylic acids is 2. The summed E-state index contributed by atoms with van der Waals surface area (Å²) in [5, 5.41) is 2.01. The predicted molar refractivity (Wildman–Crippen MR) is 78.0 cm³/mol. The molecule has 110 valence electrons. The number of rotatable bonds is 2. The Labute approximate surface area is 126 Å². The van der Waals surface area contributed by atoms with E-state index < -0.39 is 6.04 Å². The Morgan fingerprint density at radius 2 is 2.24 bits per heavy atom. The van der Waals surface area contributed by atoms with Crippen LogP contribution in [0, 0.1) is 6.92 Å². The lowest BCUT2D eigenvalue weighted by molar-refractivity contribution is -0.135. The quantitative estimate of drug-likeness (QED) is 0.680. The number of pyridine rings is 1. The molecule has 7 heteroatoms. The highest BCUT2D eigenvalue weighted by Gasteiger charge is 2.32. The minimum absolute atomic E-state index is 0.245. The third kappa shape index (κ3) is 2.29. The summed E-state index contributed by atoms with van der Waals surface area (Å²) in [5.74, 6) is 0.0284. The molecule has 0 radical (unpaired) electrons. The summed E-state index contributed by atoms with van der Waals surface area (Å²) < 4.78 is 1.77. The van der Waals surface area contributed by atoms with Gasteiger partial charge in [0.15, 0.2) is 5.65 Å². The molecule has 2 atom stereocenters. The van der Waals surface area contributed by atoms with Gasteiger partial charge in [-0.3, -0.25) is 19.5 Å². The van der Waals surface area contributed by atoms with Crippen LogP contribution in [-0.2, 0) is 9.59 Å². The van der Waals surface area contributed by atoms with Crippen molar-refractivity contribution < 1.29 is 9.59 Å². The predicted octanol–water partition coefficient (Wildman–Crippen LogP) is 2.02. The van der Waals surface area contributed by atoms with E-state index >= 15 is 0 Å². The van der Waals surface area contributed by atoms with Crippen molar-refractivity contribution in [2.45, 2.75) is 38.1 Å². The Bertz CT molecular complexity index is 738. The maximum absolute atomic E-state index is 12.2. The molecule has 21 heavy (non-hydrogen) atoms. The summed E-state index contributed by atoms with van der Waals surface area (Å²) in [6, 6.07) is 1.37. The van der Waals surface area contributed by atoms with Crippen LogP contribution >= 0.6 is 11.6 Å². The van der Waals surface area contributed by atoms with E-state index in [1.807, 2.05) is 13.0 Å². The molecule has 3 heterocycles. The Kier molecular flexibility index (Phi) is 3.41. The van der Waals surface area contributed by atoms with Crippen LogP contribution in [-0.4, -0.2) is 26.3 Å². The van der Waals surface area contributed by atoms with Crippen molar-refractivity contribution in [1.82, 2.24) is 19.9 Å². The number of imidazole rings is 1. The molecule has 6 nitrogen and oxygen atoms in total. The lowest BCUT2D eigenvalue weighted by atomic mass is 10.1. The SMILES string of the molecule is Cc1ccnc2c1nc(C(C)Cl)n2C1CCC(=O)NC1=O. The van der Waals surface area contributed by atoms with Crippen molar-refractivity contribution >= 4 is 34.6 Å². The molecule has 2 aromatic heterocycles. The summed E-state index contributed by atoms with van der Waals surface area (Å²) in [6.45, 7) is 3.75. The molecule has 2 aromatic rings. The van der Waals surface area contributed by atoms with Crippen LogP contribution in [0.2, 0.25) is 0 Å². The van der Waals surface area contributed by atoms with Crippen molar-refractivity contribution in [1.29, 1.82) is 0 Å². The van der Waals surface area contributed by atoms with Crippen LogP contribution in [0.1, 0.15) is 42.6 Å². The van der Waals surface area contributed by atoms with E-state index in [0.717, 1.165) is 11.1 Å². The second-order valence-corrected chi connectivity index (χ2v) is 5.88. The third-order valence-corrected chi connectivity index (χ3v) is 3.88. The number of amides is 2. The molecule has 0 aromatic carbocycles. The van der Waals surface area contributed by atoms with E-state index in [0.29, 0.717) is 24.3 Å². The standard InChI is InChI=1S/C14H15ClN4O2/c1-7-5-6-16-13-11(7)18-12(8(2)15)19(13)9-3-4-10(20)17-14(9)21/h5-6,8-9H,3-4H2,1-2H3,(H,17,20,21). The average Bonchev–Trinajstić information content (AvgIpc) is 2.80. The summed E-state index contributed by atoms with van der Waals surface area (Å²) in [4.78, 5) is 32.4. The van der Waals surface area contributed by atoms with Crippen LogP contribution < -0.4 is 5.32 Å². The molecule has 1 saturated heterocycles. The Balaban J connectivity index is 2.20. The number of imide groups is 1. The van der Waals surface area contributed by atoms with E-state index in [1.165, 1.54) is 0 Å². The maximum atomic E-state index is 12.2. The molecular formula is C14H15ClN4O2. The first-order valence-corrected chi connectivity index (χ1v) is 7.24. The van der Waals surface area contributed by atoms with Crippen LogP contribution in [0.5, 0.6) is 0 Å². The normalized spacial score (nSPS) is 20.6. The molecule has 2 amide bonds. The molecule has 2 unspecified atom stereocenters. The number of hydrogen-bond acceptors (Lipinski definition) is 4. The molecule has 0 bridgehead atoms. The fraction of sp³-hybridized carbons (Fsp3) is 0.429. The summed E-state index contributed by atoms with van der Waals surface area (Å²) in [7, 11) is 0. The Hall–Kier alpha value is -1.95. The maximum Gasteiger partial charge on any atom is 0.249 e. The van der Waals surface area contributed by atoms with E-state index in [-0.39, 0.29) is 17.2 Å². The molecular weight excluding hydrogens is 292 g/mol. The van der Waals surface area contributed by atoms with E-state index in [4.69, 9.17) is 11.6 Å². The number of fused-ring (bicyclic) bond motifs is 1. The van der Waals surface area contributed by atoms with E-state index in [9.17, 15) is 9.59 Å². The first kappa shape index (κ1) is 14.0. The zero-order valence-electron chi connectivity index (χ0n) is 11.8. The first-order chi connectivity index (χ1) is 9.99. The first-order valence-electron chi connectivity index (χ1n) is 6.80. The molecule has 1 aliphatic heterocycles. The van der Waals surface area contributed by atoms with E-state index in [1.54, 1.807) is 17.7 Å². The number of nitrogens with one attached hydrogen (secondary N) is 1. The Morgan fingerprint density at radius 1 is 1.48 bits per heavy atom. The minimum atomic E-state index is -0.502. The molecule has 1 N–H and O–H groups in total. The van der Waals surface area contributed by atoms with Gasteiger partial charge in [-0.15, -0.1) is 11.6 Å². The second-order valence-electron chi connectivity index (χ2n) is 5.22. The number of nitrogens with zero attached hydrogens (tertiary/aromatic N) is 3. The highest BCUT2D eigenvalue weighted by Crippen LogP contribution is 2.31. The molecule has 0 spiro atoms. The fourth-order valence-electron chi connectivity index (χ4n) is 2.64. The highest BCUT2D eigenvalue weighted by molar-refractivity contribution is 6.20. The summed E-state index contributed by atoms with van der Waals surface area (Å²) >= 11 is 6.22. The zero-order chi connectivity index (χ0) is 15.1. The van der Waals surface area contributed by atoms with Crippen LogP contribution in [0.3, 0.4) is 0 Å². The van der Waals surface area contributed by atoms with Gasteiger partial charge in [-0.1, -0.05) is 0 Å². The number of hydrogen-bond donors (Lipinski definition) is 1. The minimum Gasteiger partial charge on any atom is -0.299 e. The number of alkyl halides is 1. The van der Waals surface area contributed by atoms with Crippen LogP contribution in [0.15, 0.2) is 12.3 Å². The fourth-order valence-corrected chi connectivity index (χ4v) is 2.80. The van der Waals surface area contributed by atoms with Crippen molar-refractivity contribution in [2.24, 2.45) is 0 Å². The molecule has 3 rings (SSSR count). The number of aryl methyl sites for hydroxylation is 1. The average molecular weight is 307 g/mol. The smallest absolute Gasteiger partial charge is 0.249 e. The van der Waals surface area contributed by atoms with Gasteiger partial charge < -0.3 is 0 Å². The van der Waals surface area contributed by atoms with Gasteiger partial charge in [0.2, 0.25) is 11.8 Å². The Morgan fingerprint density at radius 3 is 2.90 bits per heavy atom. The van der Waals surface area contributed by atoms with Crippen LogP contribution in [0.25, 0.3) is 11.2 Å². The third-order valence-electron chi connectivity index (χ3n) is 3.69. The highest BCUT2D eigenvalue weighted by atomic mass is 35.5. The molecule has 0 saturated carbocycles. The van der Waals surface area contributed by atoms with Crippen LogP contribution in [0.4, 0.5) is 0 Å². The van der Waals surface area contributed by atoms with Gasteiger partial charge in [0, 0.05) is 12.6 Å². The van der Waals surface area contributed by atoms with Gasteiger partial charge >= 0.3 is 0 Å². The van der Waals surface area contributed by atoms with Crippen molar-refractivity contribution in [3.05, 3.63) is 23.7 Å². The van der Waals surface area contributed by atoms with Gasteiger partial charge in [0.05, 0.1) is 5.38 Å². The van der Waals surface area contributed by atoms with Gasteiger partial charge in [0.1, 0.15) is 17.4 Å². The number of aromatic nitrogens is 3. The molecule has 1 aliphatic rings. The number of carbonyl (C=O) groups is 2. The monoisotopic (exact) mass is 306 g/mol. The molecule has 1 fully saturated rings. The van der Waals surface area contributed by atoms with E-state index in [2.05, 4.69) is 15.3 Å². The van der Waals surface area contributed by atoms with Crippen molar-refractivity contribution in [2.75, 3.05) is 0 Å². The zero-order valence-corrected chi connectivity index (χ0v) is 12.5. The van der Waals surface area contributed by atoms with Gasteiger partial charge in [-0.25, -0.2) is 9.97 Å². The number of halogens is 1. The van der Waals surface area contributed by atoms with Crippen molar-refractivity contribution in [3.63, 3.8) is 0 Å².